The molecule has 1 atom stereocenters. The van der Waals surface area contributed by atoms with E-state index in [0.29, 0.717) is 0 Å². The molecule has 0 amide bonds. The Bertz CT molecular complexity index is 407. The van der Waals surface area contributed by atoms with Crippen LogP contribution in [0, 0.1) is 0 Å². The zero-order valence-corrected chi connectivity index (χ0v) is 10.1. The Morgan fingerprint density at radius 3 is 2.53 bits per heavy atom. The first kappa shape index (κ1) is 13.2. The van der Waals surface area contributed by atoms with E-state index < -0.39 is 5.97 Å². The quantitative estimate of drug-likeness (QED) is 0.579. The van der Waals surface area contributed by atoms with E-state index in [-0.39, 0.29) is 18.3 Å². The Balaban J connectivity index is 2.44. The third-order valence-corrected chi connectivity index (χ3v) is 2.07. The number of benzene rings is 1. The van der Waals surface area contributed by atoms with Crippen LogP contribution in [0.15, 0.2) is 36.4 Å². The van der Waals surface area contributed by atoms with E-state index in [1.54, 1.807) is 13.0 Å². The molecule has 0 heterocycles. The number of carbonyl (C=O) groups excluding carboxylic acids is 2. The molecule has 0 N–H and O–H groups in total. The van der Waals surface area contributed by atoms with Gasteiger partial charge < -0.3 is 4.74 Å². The number of rotatable bonds is 5. The molecule has 90 valence electrons. The summed E-state index contributed by atoms with van der Waals surface area (Å²) in [6, 6.07) is 9.73. The van der Waals surface area contributed by atoms with Crippen molar-refractivity contribution in [3.05, 3.63) is 42.0 Å². The molecule has 0 aromatic heterocycles. The summed E-state index contributed by atoms with van der Waals surface area (Å²) >= 11 is 0. The zero-order chi connectivity index (χ0) is 12.7. The molecule has 0 saturated heterocycles. The van der Waals surface area contributed by atoms with Gasteiger partial charge in [0.1, 0.15) is 18.3 Å². The summed E-state index contributed by atoms with van der Waals surface area (Å²) in [5, 5.41) is 0. The highest BCUT2D eigenvalue weighted by atomic mass is 16.5. The predicted octanol–water partition coefficient (Wildman–Crippen LogP) is 2.61. The van der Waals surface area contributed by atoms with E-state index in [4.69, 9.17) is 4.74 Å². The number of ketones is 1. The summed E-state index contributed by atoms with van der Waals surface area (Å²) in [7, 11) is 0. The summed E-state index contributed by atoms with van der Waals surface area (Å²) < 4.78 is 5.04. The fourth-order valence-electron chi connectivity index (χ4n) is 1.30. The Morgan fingerprint density at radius 2 is 1.94 bits per heavy atom. The van der Waals surface area contributed by atoms with Gasteiger partial charge in [0.15, 0.2) is 0 Å². The molecule has 0 bridgehead atoms. The lowest BCUT2D eigenvalue weighted by atomic mass is 10.2. The lowest BCUT2D eigenvalue weighted by molar-refractivity contribution is -0.147. The molecule has 0 aliphatic rings. The Morgan fingerprint density at radius 1 is 1.29 bits per heavy atom. The number of esters is 1. The molecule has 0 saturated carbocycles. The topological polar surface area (TPSA) is 43.4 Å². The average Bonchev–Trinajstić information content (AvgIpc) is 2.26. The lowest BCUT2D eigenvalue weighted by Gasteiger charge is -2.07. The Hall–Kier alpha value is -1.90. The molecule has 3 nitrogen and oxygen atoms in total. The first-order valence-electron chi connectivity index (χ1n) is 5.50. The second-order valence-corrected chi connectivity index (χ2v) is 3.84. The average molecular weight is 232 g/mol. The first-order chi connectivity index (χ1) is 8.08. The summed E-state index contributed by atoms with van der Waals surface area (Å²) in [5.41, 5.74) is 1.04. The van der Waals surface area contributed by atoms with Gasteiger partial charge in [0.2, 0.25) is 0 Å². The normalized spacial score (nSPS) is 12.4. The van der Waals surface area contributed by atoms with Gasteiger partial charge in [0.05, 0.1) is 0 Å². The molecule has 1 rings (SSSR count). The number of ether oxygens (including phenoxy) is 1. The second kappa shape index (κ2) is 6.63. The minimum atomic E-state index is -0.484. The van der Waals surface area contributed by atoms with Crippen molar-refractivity contribution in [2.24, 2.45) is 0 Å². The van der Waals surface area contributed by atoms with E-state index in [1.807, 2.05) is 36.4 Å². The molecule has 17 heavy (non-hydrogen) atoms. The third-order valence-electron chi connectivity index (χ3n) is 2.07. The van der Waals surface area contributed by atoms with Crippen molar-refractivity contribution in [1.82, 2.24) is 0 Å². The number of carbonyl (C=O) groups is 2. The Kier molecular flexibility index (Phi) is 5.14. The third kappa shape index (κ3) is 5.66. The van der Waals surface area contributed by atoms with Crippen molar-refractivity contribution >= 4 is 17.8 Å². The molecule has 0 fully saturated rings. The van der Waals surface area contributed by atoms with Gasteiger partial charge in [0.25, 0.3) is 0 Å². The molecule has 1 aromatic rings. The first-order valence-corrected chi connectivity index (χ1v) is 5.50. The van der Waals surface area contributed by atoms with Crippen molar-refractivity contribution < 1.29 is 14.3 Å². The van der Waals surface area contributed by atoms with Gasteiger partial charge in [-0.15, -0.1) is 0 Å². The van der Waals surface area contributed by atoms with Crippen LogP contribution in [0.1, 0.15) is 25.8 Å². The minimum Gasteiger partial charge on any atom is -0.458 e. The van der Waals surface area contributed by atoms with Crippen molar-refractivity contribution in [3.8, 4) is 0 Å². The standard InChI is InChI=1S/C14H16O3/c1-11(15)10-14(16)17-12(2)8-9-13-6-4-3-5-7-13/h3-9,12H,10H2,1-2H3/b9-8+/t12-/m1/s1. The van der Waals surface area contributed by atoms with Gasteiger partial charge in [-0.1, -0.05) is 36.4 Å². The minimum absolute atomic E-state index is 0.163. The van der Waals surface area contributed by atoms with Crippen molar-refractivity contribution in [2.75, 3.05) is 0 Å². The molecule has 0 aliphatic heterocycles. The second-order valence-electron chi connectivity index (χ2n) is 3.84. The number of hydrogen-bond donors (Lipinski definition) is 0. The van der Waals surface area contributed by atoms with Crippen LogP contribution in [-0.2, 0) is 14.3 Å². The molecule has 0 spiro atoms. The number of Topliss-reactive ketones (excluding diaryl/α,β-unsaturated/α-hetero) is 1. The summed E-state index contributed by atoms with van der Waals surface area (Å²) in [4.78, 5) is 21.9. The lowest BCUT2D eigenvalue weighted by Crippen LogP contribution is -2.14. The van der Waals surface area contributed by atoms with Gasteiger partial charge in [-0.25, -0.2) is 0 Å². The predicted molar refractivity (Wildman–Crippen MR) is 66.3 cm³/mol. The van der Waals surface area contributed by atoms with Crippen LogP contribution < -0.4 is 0 Å². The molecule has 0 radical (unpaired) electrons. The maximum atomic E-state index is 11.2. The van der Waals surface area contributed by atoms with Crippen LogP contribution in [0.4, 0.5) is 0 Å². The zero-order valence-electron chi connectivity index (χ0n) is 10.1. The highest BCUT2D eigenvalue weighted by Gasteiger charge is 2.08. The van der Waals surface area contributed by atoms with Gasteiger partial charge in [-0.05, 0) is 25.5 Å². The summed E-state index contributed by atoms with van der Waals surface area (Å²) in [6.07, 6.45) is 3.17. The van der Waals surface area contributed by atoms with E-state index in [9.17, 15) is 9.59 Å². The van der Waals surface area contributed by atoms with Gasteiger partial charge in [-0.2, -0.15) is 0 Å². The van der Waals surface area contributed by atoms with E-state index in [2.05, 4.69) is 0 Å². The van der Waals surface area contributed by atoms with E-state index >= 15 is 0 Å². The van der Waals surface area contributed by atoms with Crippen LogP contribution >= 0.6 is 0 Å². The smallest absolute Gasteiger partial charge is 0.313 e. The van der Waals surface area contributed by atoms with Gasteiger partial charge in [-0.3, -0.25) is 9.59 Å². The van der Waals surface area contributed by atoms with Gasteiger partial charge in [0, 0.05) is 0 Å². The van der Waals surface area contributed by atoms with E-state index in [0.717, 1.165) is 5.56 Å². The fourth-order valence-corrected chi connectivity index (χ4v) is 1.30. The summed E-state index contributed by atoms with van der Waals surface area (Å²) in [6.45, 7) is 3.13. The highest BCUT2D eigenvalue weighted by Crippen LogP contribution is 2.04. The molecule has 3 heteroatoms. The van der Waals surface area contributed by atoms with Crippen LogP contribution in [0.5, 0.6) is 0 Å². The van der Waals surface area contributed by atoms with Crippen molar-refractivity contribution in [3.63, 3.8) is 0 Å². The monoisotopic (exact) mass is 232 g/mol. The largest absolute Gasteiger partial charge is 0.458 e. The van der Waals surface area contributed by atoms with Gasteiger partial charge >= 0.3 is 5.97 Å². The van der Waals surface area contributed by atoms with Crippen molar-refractivity contribution in [1.29, 1.82) is 0 Å². The fraction of sp³-hybridized carbons (Fsp3) is 0.286. The van der Waals surface area contributed by atoms with Crippen LogP contribution in [0.3, 0.4) is 0 Å². The molecular formula is C14H16O3. The number of hydrogen-bond acceptors (Lipinski definition) is 3. The SMILES string of the molecule is CC(=O)CC(=O)O[C@H](C)/C=C/c1ccccc1. The summed E-state index contributed by atoms with van der Waals surface area (Å²) in [5.74, 6) is -0.669. The highest BCUT2D eigenvalue weighted by molar-refractivity contribution is 5.94. The maximum Gasteiger partial charge on any atom is 0.313 e. The molecule has 1 aromatic carbocycles. The molecular weight excluding hydrogens is 216 g/mol. The Labute approximate surface area is 101 Å². The molecule has 0 unspecified atom stereocenters. The molecule has 0 aliphatic carbocycles. The van der Waals surface area contributed by atoms with Crippen LogP contribution in [-0.4, -0.2) is 17.9 Å². The van der Waals surface area contributed by atoms with E-state index in [1.165, 1.54) is 6.92 Å². The van der Waals surface area contributed by atoms with Crippen molar-refractivity contribution in [2.45, 2.75) is 26.4 Å². The van der Waals surface area contributed by atoms with Crippen LogP contribution in [0.2, 0.25) is 0 Å². The van der Waals surface area contributed by atoms with Crippen LogP contribution in [0.25, 0.3) is 6.08 Å². The maximum absolute atomic E-state index is 11.2.